The Morgan fingerprint density at radius 2 is 1.85 bits per heavy atom. The normalized spacial score (nSPS) is 38.1. The number of methoxy groups -OCH3 is 1. The van der Waals surface area contributed by atoms with Crippen LogP contribution in [0.4, 0.5) is 5.69 Å². The van der Waals surface area contributed by atoms with Crippen LogP contribution in [-0.4, -0.2) is 46.5 Å². The average Bonchev–Trinajstić information content (AvgIpc) is 3.25. The Kier molecular flexibility index (Phi) is 3.36. The van der Waals surface area contributed by atoms with Crippen LogP contribution in [0.25, 0.3) is 11.0 Å². The van der Waals surface area contributed by atoms with E-state index >= 15 is 0 Å². The molecule has 8 heteroatoms. The van der Waals surface area contributed by atoms with Crippen LogP contribution in [0.1, 0.15) is 27.7 Å². The first-order valence-electron chi connectivity index (χ1n) is 8.22. The van der Waals surface area contributed by atoms with E-state index in [0.29, 0.717) is 23.1 Å². The van der Waals surface area contributed by atoms with E-state index in [1.165, 1.54) is 4.90 Å². The summed E-state index contributed by atoms with van der Waals surface area (Å²) in [5, 5.41) is 7.54. The van der Waals surface area contributed by atoms with Crippen molar-refractivity contribution < 1.29 is 23.7 Å². The maximum absolute atomic E-state index is 13.2. The topological polar surface area (TPSA) is 94.8 Å². The van der Waals surface area contributed by atoms with Crippen molar-refractivity contribution in [1.82, 2.24) is 10.3 Å². The van der Waals surface area contributed by atoms with Gasteiger partial charge in [0.05, 0.1) is 29.2 Å². The van der Waals surface area contributed by atoms with Gasteiger partial charge in [0, 0.05) is 13.5 Å². The summed E-state index contributed by atoms with van der Waals surface area (Å²) < 4.78 is 16.4. The summed E-state index contributed by atoms with van der Waals surface area (Å²) in [7, 11) is 1.61. The van der Waals surface area contributed by atoms with Crippen molar-refractivity contribution in [3.63, 3.8) is 0 Å². The van der Waals surface area contributed by atoms with E-state index in [2.05, 4.69) is 10.3 Å². The van der Waals surface area contributed by atoms with Crippen LogP contribution < -0.4 is 4.90 Å². The Morgan fingerprint density at radius 1 is 1.15 bits per heavy atom. The molecule has 0 N–H and O–H groups in total. The van der Waals surface area contributed by atoms with Crippen LogP contribution in [0.2, 0.25) is 0 Å². The number of carbonyl (C=O) groups is 2. The summed E-state index contributed by atoms with van der Waals surface area (Å²) in [6.07, 6.45) is 0.387. The Bertz CT molecular complexity index is 926. The van der Waals surface area contributed by atoms with Gasteiger partial charge < -0.3 is 9.47 Å². The van der Waals surface area contributed by atoms with E-state index in [0.717, 1.165) is 0 Å². The highest BCUT2D eigenvalue weighted by molar-refractivity contribution is 6.23. The van der Waals surface area contributed by atoms with Crippen LogP contribution >= 0.6 is 0 Å². The van der Waals surface area contributed by atoms with Gasteiger partial charge in [-0.25, -0.2) is 9.53 Å². The average molecular weight is 359 g/mol. The number of fused-ring (bicyclic) bond motifs is 6. The monoisotopic (exact) mass is 359 g/mol. The molecule has 0 spiro atoms. The molecule has 2 amide bonds. The second kappa shape index (κ2) is 5.11. The highest BCUT2D eigenvalue weighted by Gasteiger charge is 2.76. The fraction of sp³-hybridized carbons (Fsp3) is 0.556. The van der Waals surface area contributed by atoms with Crippen molar-refractivity contribution in [2.24, 2.45) is 11.8 Å². The molecule has 3 aliphatic heterocycles. The molecule has 4 heterocycles. The number of nitrogens with zero attached hydrogens (tertiary/aromatic N) is 3. The third-order valence-corrected chi connectivity index (χ3v) is 6.04. The van der Waals surface area contributed by atoms with E-state index in [1.807, 2.05) is 13.8 Å². The van der Waals surface area contributed by atoms with Gasteiger partial charge in [-0.05, 0) is 42.4 Å². The van der Waals surface area contributed by atoms with Crippen molar-refractivity contribution in [2.45, 2.75) is 45.0 Å². The fourth-order valence-electron chi connectivity index (χ4n) is 4.98. The van der Waals surface area contributed by atoms with E-state index in [9.17, 15) is 9.59 Å². The predicted molar refractivity (Wildman–Crippen MR) is 91.3 cm³/mol. The van der Waals surface area contributed by atoms with E-state index in [4.69, 9.17) is 14.1 Å². The highest BCUT2D eigenvalue weighted by atomic mass is 16.6. The largest absolute Gasteiger partial charge is 0.378 e. The zero-order valence-electron chi connectivity index (χ0n) is 14.1. The molecular weight excluding hydrogens is 338 g/mol. The van der Waals surface area contributed by atoms with Crippen molar-refractivity contribution in [2.75, 3.05) is 12.0 Å². The van der Waals surface area contributed by atoms with Gasteiger partial charge in [-0.2, -0.15) is 0 Å². The summed E-state index contributed by atoms with van der Waals surface area (Å²) in [5.41, 5.74) is 0.0654. The lowest BCUT2D eigenvalue weighted by Gasteiger charge is -2.34. The minimum absolute atomic E-state index is 0. The van der Waals surface area contributed by atoms with Gasteiger partial charge in [-0.1, -0.05) is 7.43 Å². The van der Waals surface area contributed by atoms with Crippen LogP contribution in [0.3, 0.4) is 0 Å². The molecule has 26 heavy (non-hydrogen) atoms. The van der Waals surface area contributed by atoms with Crippen LogP contribution in [0.15, 0.2) is 22.8 Å². The zero-order valence-corrected chi connectivity index (χ0v) is 14.1. The number of rotatable bonds is 2. The fourth-order valence-corrected chi connectivity index (χ4v) is 4.98. The first kappa shape index (κ1) is 17.1. The summed E-state index contributed by atoms with van der Waals surface area (Å²) in [6, 6.07) is 5.01. The van der Waals surface area contributed by atoms with Gasteiger partial charge in [-0.3, -0.25) is 9.59 Å². The van der Waals surface area contributed by atoms with Gasteiger partial charge in [0.2, 0.25) is 11.8 Å². The molecule has 1 aromatic carbocycles. The van der Waals surface area contributed by atoms with Crippen molar-refractivity contribution in [1.29, 1.82) is 0 Å². The maximum Gasteiger partial charge on any atom is 0.240 e. The van der Waals surface area contributed by atoms with Crippen molar-refractivity contribution in [3.05, 3.63) is 18.2 Å². The Hall–Kier alpha value is -2.32. The number of imide groups is 1. The van der Waals surface area contributed by atoms with E-state index < -0.39 is 23.0 Å². The zero-order chi connectivity index (χ0) is 17.6. The first-order valence-corrected chi connectivity index (χ1v) is 8.22. The number of carbonyl (C=O) groups excluding carboxylic acids is 2. The van der Waals surface area contributed by atoms with E-state index in [1.54, 1.807) is 25.3 Å². The SMILES string of the molecule is C.CO[C@H]1C[C@@]2(C)O[C@]1(C)[C@@H]1C(=O)N(c3ccc4nonc4c3)C(=O)[C@@H]12. The molecule has 3 saturated heterocycles. The maximum atomic E-state index is 13.2. The lowest BCUT2D eigenvalue weighted by molar-refractivity contribution is -0.133. The number of aromatic nitrogens is 2. The quantitative estimate of drug-likeness (QED) is 0.756. The number of ether oxygens (including phenoxy) is 2. The standard InChI is InChI=1S/C17H17N3O5.CH4/c1-16-7-11(23-3)17(2,24-16)13-12(16)14(21)20(15(13)22)8-4-5-9-10(6-8)19-25-18-9;/h4-6,11-13H,7H2,1-3H3;1H4/t11-,12+,13-,16+,17-;/m0./s1. The highest BCUT2D eigenvalue weighted by Crippen LogP contribution is 2.61. The molecule has 0 unspecified atom stereocenters. The minimum atomic E-state index is -0.796. The second-order valence-electron chi connectivity index (χ2n) is 7.43. The molecule has 0 saturated carbocycles. The molecule has 8 nitrogen and oxygen atoms in total. The minimum Gasteiger partial charge on any atom is -0.378 e. The third kappa shape index (κ3) is 1.80. The van der Waals surface area contributed by atoms with Gasteiger partial charge >= 0.3 is 0 Å². The van der Waals surface area contributed by atoms with Crippen LogP contribution in [-0.2, 0) is 19.1 Å². The molecular formula is C18H21N3O5. The lowest BCUT2D eigenvalue weighted by atomic mass is 9.67. The molecule has 5 rings (SSSR count). The van der Waals surface area contributed by atoms with Crippen molar-refractivity contribution >= 4 is 28.5 Å². The Morgan fingerprint density at radius 3 is 2.58 bits per heavy atom. The summed E-state index contributed by atoms with van der Waals surface area (Å²) in [5.74, 6) is -1.53. The van der Waals surface area contributed by atoms with Gasteiger partial charge in [-0.15, -0.1) is 0 Å². The number of amides is 2. The number of benzene rings is 1. The molecule has 3 fully saturated rings. The Labute approximate surface area is 150 Å². The van der Waals surface area contributed by atoms with E-state index in [-0.39, 0.29) is 25.3 Å². The molecule has 1 aromatic heterocycles. The molecule has 2 bridgehead atoms. The van der Waals surface area contributed by atoms with Gasteiger partial charge in [0.1, 0.15) is 16.6 Å². The van der Waals surface area contributed by atoms with Crippen molar-refractivity contribution in [3.8, 4) is 0 Å². The summed E-state index contributed by atoms with van der Waals surface area (Å²) in [6.45, 7) is 3.77. The molecule has 2 aromatic rings. The molecule has 5 atom stereocenters. The van der Waals surface area contributed by atoms with Crippen LogP contribution in [0, 0.1) is 11.8 Å². The number of hydrogen-bond donors (Lipinski definition) is 0. The lowest BCUT2D eigenvalue weighted by Crippen LogP contribution is -2.49. The summed E-state index contributed by atoms with van der Waals surface area (Å²) in [4.78, 5) is 27.6. The predicted octanol–water partition coefficient (Wildman–Crippen LogP) is 1.93. The van der Waals surface area contributed by atoms with Crippen LogP contribution in [0.5, 0.6) is 0 Å². The molecule has 3 aliphatic rings. The van der Waals surface area contributed by atoms with Gasteiger partial charge in [0.25, 0.3) is 0 Å². The number of anilines is 1. The molecule has 0 aliphatic carbocycles. The van der Waals surface area contributed by atoms with Gasteiger partial charge in [0.15, 0.2) is 0 Å². The third-order valence-electron chi connectivity index (χ3n) is 6.04. The first-order chi connectivity index (χ1) is 11.9. The smallest absolute Gasteiger partial charge is 0.240 e. The Balaban J connectivity index is 0.00000168. The molecule has 0 radical (unpaired) electrons. The molecule has 138 valence electrons. The summed E-state index contributed by atoms with van der Waals surface area (Å²) >= 11 is 0. The number of hydrogen-bond acceptors (Lipinski definition) is 7. The second-order valence-corrected chi connectivity index (χ2v) is 7.43.